The van der Waals surface area contributed by atoms with Gasteiger partial charge in [-0.05, 0) is 0 Å². The molecule has 0 radical (unpaired) electrons. The van der Waals surface area contributed by atoms with Crippen LogP contribution in [-0.2, 0) is 0 Å². The summed E-state index contributed by atoms with van der Waals surface area (Å²) in [4.78, 5) is 0. The number of hydrogen-bond acceptors (Lipinski definition) is 4. The second-order valence-electron chi connectivity index (χ2n) is 3.81. The Balaban J connectivity index is 5.62. The van der Waals surface area contributed by atoms with E-state index in [1.807, 2.05) is 0 Å². The molecule has 0 saturated carbocycles. The van der Waals surface area contributed by atoms with Crippen molar-refractivity contribution in [2.45, 2.75) is 51.1 Å². The van der Waals surface area contributed by atoms with Gasteiger partial charge >= 0.3 is 88.7 Å². The third kappa shape index (κ3) is 1.58. The zero-order chi connectivity index (χ0) is 11.8. The molecule has 0 heterocycles. The molecular weight excluding hydrogens is 227 g/mol. The van der Waals surface area contributed by atoms with E-state index in [1.165, 1.54) is 27.7 Å². The first-order chi connectivity index (χ1) is 6.10. The standard InChI is InChI=1S/C8H20ClO4P/c1-5(10)14(9,6(2)11,7(3)12)8(4)13/h5-8,10-13H,1-4H3. The number of hydrogen-bond donors (Lipinski definition) is 4. The van der Waals surface area contributed by atoms with E-state index in [9.17, 15) is 20.4 Å². The van der Waals surface area contributed by atoms with Crippen molar-refractivity contribution in [3.63, 3.8) is 0 Å². The molecule has 14 heavy (non-hydrogen) atoms. The molecule has 0 aromatic rings. The molecule has 0 fully saturated rings. The van der Waals surface area contributed by atoms with Crippen molar-refractivity contribution in [1.29, 1.82) is 0 Å². The van der Waals surface area contributed by atoms with Crippen molar-refractivity contribution in [1.82, 2.24) is 0 Å². The second kappa shape index (κ2) is 4.20. The molecule has 0 amide bonds. The zero-order valence-corrected chi connectivity index (χ0v) is 10.6. The summed E-state index contributed by atoms with van der Waals surface area (Å²) >= 11 is 6.27. The van der Waals surface area contributed by atoms with Gasteiger partial charge in [-0.2, -0.15) is 0 Å². The second-order valence-corrected chi connectivity index (χ2v) is 11.7. The van der Waals surface area contributed by atoms with Gasteiger partial charge in [0.1, 0.15) is 0 Å². The van der Waals surface area contributed by atoms with Gasteiger partial charge < -0.3 is 0 Å². The summed E-state index contributed by atoms with van der Waals surface area (Å²) in [6.07, 6.45) is 0. The molecule has 4 atom stereocenters. The van der Waals surface area contributed by atoms with Crippen molar-refractivity contribution in [2.24, 2.45) is 0 Å². The minimum atomic E-state index is -3.89. The Kier molecular flexibility index (Phi) is 4.37. The zero-order valence-electron chi connectivity index (χ0n) is 8.92. The van der Waals surface area contributed by atoms with Crippen molar-refractivity contribution in [3.8, 4) is 0 Å². The molecule has 0 aromatic carbocycles. The topological polar surface area (TPSA) is 80.9 Å². The molecular formula is C8H20ClO4P. The SMILES string of the molecule is CC(O)P(Cl)(C(C)O)(C(C)O)C(C)O. The Hall–Kier alpha value is 0.560. The molecule has 0 aliphatic heterocycles. The summed E-state index contributed by atoms with van der Waals surface area (Å²) in [6.45, 7) is 5.54. The molecule has 4 nitrogen and oxygen atoms in total. The Morgan fingerprint density at radius 1 is 0.714 bits per heavy atom. The third-order valence-electron chi connectivity index (χ3n) is 3.15. The van der Waals surface area contributed by atoms with E-state index in [-0.39, 0.29) is 0 Å². The van der Waals surface area contributed by atoms with Gasteiger partial charge in [-0.15, -0.1) is 0 Å². The predicted octanol–water partition coefficient (Wildman–Crippen LogP) is 1.05. The van der Waals surface area contributed by atoms with Crippen LogP contribution in [0.1, 0.15) is 27.7 Å². The monoisotopic (exact) mass is 246 g/mol. The quantitative estimate of drug-likeness (QED) is 0.559. The fraction of sp³-hybridized carbons (Fsp3) is 1.00. The number of aliphatic hydroxyl groups is 4. The molecule has 0 rings (SSSR count). The maximum absolute atomic E-state index is 9.68. The molecule has 0 saturated heterocycles. The molecule has 0 aliphatic carbocycles. The van der Waals surface area contributed by atoms with Gasteiger partial charge in [0.05, 0.1) is 0 Å². The number of halogens is 1. The van der Waals surface area contributed by atoms with Gasteiger partial charge in [-0.25, -0.2) is 0 Å². The normalized spacial score (nSPS) is 24.5. The summed E-state index contributed by atoms with van der Waals surface area (Å²) < 4.78 is 0. The Labute approximate surface area is 89.2 Å². The number of aliphatic hydroxyl groups excluding tert-OH is 4. The predicted molar refractivity (Wildman–Crippen MR) is 59.5 cm³/mol. The summed E-state index contributed by atoms with van der Waals surface area (Å²) in [7, 11) is 0. The van der Waals surface area contributed by atoms with Crippen LogP contribution in [0, 0.1) is 0 Å². The summed E-state index contributed by atoms with van der Waals surface area (Å²) in [5.74, 6) is -8.44. The Morgan fingerprint density at radius 2 is 0.857 bits per heavy atom. The Morgan fingerprint density at radius 3 is 0.857 bits per heavy atom. The fourth-order valence-electron chi connectivity index (χ4n) is 1.87. The van der Waals surface area contributed by atoms with Crippen molar-refractivity contribution >= 4 is 17.2 Å². The van der Waals surface area contributed by atoms with Gasteiger partial charge in [-0.1, -0.05) is 0 Å². The van der Waals surface area contributed by atoms with Gasteiger partial charge in [0.25, 0.3) is 0 Å². The molecule has 88 valence electrons. The van der Waals surface area contributed by atoms with Gasteiger partial charge in [0, 0.05) is 0 Å². The van der Waals surface area contributed by atoms with Crippen LogP contribution in [-0.4, -0.2) is 43.8 Å². The molecule has 0 aliphatic rings. The van der Waals surface area contributed by atoms with Crippen LogP contribution in [0.3, 0.4) is 0 Å². The molecule has 0 aromatic heterocycles. The van der Waals surface area contributed by atoms with E-state index in [0.29, 0.717) is 0 Å². The van der Waals surface area contributed by atoms with Crippen LogP contribution >= 0.6 is 17.2 Å². The molecule has 0 bridgehead atoms. The van der Waals surface area contributed by atoms with E-state index in [4.69, 9.17) is 11.2 Å². The van der Waals surface area contributed by atoms with Gasteiger partial charge in [0.2, 0.25) is 0 Å². The van der Waals surface area contributed by atoms with Crippen LogP contribution in [0.2, 0.25) is 0 Å². The van der Waals surface area contributed by atoms with E-state index >= 15 is 0 Å². The minimum absolute atomic E-state index is 1.14. The first kappa shape index (κ1) is 14.6. The fourth-order valence-corrected chi connectivity index (χ4v) is 5.62. The van der Waals surface area contributed by atoms with Crippen LogP contribution in [0.4, 0.5) is 0 Å². The van der Waals surface area contributed by atoms with E-state index in [1.54, 1.807) is 0 Å². The molecule has 4 unspecified atom stereocenters. The van der Waals surface area contributed by atoms with Crippen LogP contribution < -0.4 is 0 Å². The number of rotatable bonds is 4. The third-order valence-corrected chi connectivity index (χ3v) is 12.9. The van der Waals surface area contributed by atoms with Crippen molar-refractivity contribution < 1.29 is 20.4 Å². The van der Waals surface area contributed by atoms with Gasteiger partial charge in [0.15, 0.2) is 0 Å². The Bertz CT molecular complexity index is 162. The molecule has 6 heteroatoms. The summed E-state index contributed by atoms with van der Waals surface area (Å²) in [5.41, 5.74) is 0. The van der Waals surface area contributed by atoms with Crippen LogP contribution in [0.15, 0.2) is 0 Å². The van der Waals surface area contributed by atoms with E-state index in [0.717, 1.165) is 0 Å². The average molecular weight is 247 g/mol. The molecule has 4 N–H and O–H groups in total. The van der Waals surface area contributed by atoms with E-state index in [2.05, 4.69) is 0 Å². The van der Waals surface area contributed by atoms with E-state index < -0.39 is 29.3 Å². The van der Waals surface area contributed by atoms with Crippen LogP contribution in [0.25, 0.3) is 0 Å². The first-order valence-corrected chi connectivity index (χ1v) is 7.96. The first-order valence-electron chi connectivity index (χ1n) is 4.54. The van der Waals surface area contributed by atoms with Crippen molar-refractivity contribution in [3.05, 3.63) is 0 Å². The molecule has 0 spiro atoms. The summed E-state index contributed by atoms with van der Waals surface area (Å²) in [5, 5.41) is 38.7. The van der Waals surface area contributed by atoms with Gasteiger partial charge in [-0.3, -0.25) is 0 Å². The summed E-state index contributed by atoms with van der Waals surface area (Å²) in [6, 6.07) is 0. The van der Waals surface area contributed by atoms with Crippen molar-refractivity contribution in [2.75, 3.05) is 0 Å². The average Bonchev–Trinajstić information content (AvgIpc) is 2.00. The maximum atomic E-state index is 9.68. The van der Waals surface area contributed by atoms with Crippen LogP contribution in [0.5, 0.6) is 0 Å².